The average Bonchev–Trinajstić information content (AvgIpc) is 2.29. The van der Waals surface area contributed by atoms with Crippen LogP contribution >= 0.6 is 0 Å². The molecule has 96 valence electrons. The molecule has 0 bridgehead atoms. The lowest BCUT2D eigenvalue weighted by Gasteiger charge is -2.37. The second kappa shape index (κ2) is 4.96. The van der Waals surface area contributed by atoms with Crippen molar-refractivity contribution in [2.75, 3.05) is 7.11 Å². The molecule has 0 aliphatic heterocycles. The summed E-state index contributed by atoms with van der Waals surface area (Å²) in [4.78, 5) is 14.1. The molecule has 0 amide bonds. The van der Waals surface area contributed by atoms with Crippen molar-refractivity contribution in [1.29, 1.82) is 0 Å². The van der Waals surface area contributed by atoms with Gasteiger partial charge in [-0.05, 0) is 31.4 Å². The highest BCUT2D eigenvalue weighted by Gasteiger charge is 2.41. The molecule has 0 saturated heterocycles. The Kier molecular flexibility index (Phi) is 3.55. The van der Waals surface area contributed by atoms with Gasteiger partial charge in [0.05, 0.1) is 6.61 Å². The highest BCUT2D eigenvalue weighted by molar-refractivity contribution is 5.41. The molecule has 0 spiro atoms. The Balaban J connectivity index is 2.45. The van der Waals surface area contributed by atoms with Crippen molar-refractivity contribution in [3.63, 3.8) is 0 Å². The van der Waals surface area contributed by atoms with E-state index in [0.29, 0.717) is 12.8 Å². The third kappa shape index (κ3) is 2.07. The van der Waals surface area contributed by atoms with Crippen LogP contribution in [0.3, 0.4) is 0 Å². The van der Waals surface area contributed by atoms with Gasteiger partial charge in [-0.15, -0.1) is 0 Å². The Hall–Kier alpha value is -1.58. The first-order valence-corrected chi connectivity index (χ1v) is 5.69. The molecular weight excluding hydrogens is 240 g/mol. The first kappa shape index (κ1) is 12.9. The number of ether oxygens (including phenoxy) is 1. The van der Waals surface area contributed by atoms with Gasteiger partial charge in [-0.1, -0.05) is 0 Å². The zero-order valence-corrected chi connectivity index (χ0v) is 10.0. The molecule has 0 heterocycles. The predicted octanol–water partition coefficient (Wildman–Crippen LogP) is 2.83. The van der Waals surface area contributed by atoms with Gasteiger partial charge in [-0.3, -0.25) is 0 Å². The summed E-state index contributed by atoms with van der Waals surface area (Å²) in [6.45, 7) is 0.00693. The van der Waals surface area contributed by atoms with Crippen molar-refractivity contribution >= 4 is 6.08 Å². The maximum absolute atomic E-state index is 14.0. The fraction of sp³-hybridized carbons (Fsp3) is 0.462. The van der Waals surface area contributed by atoms with Gasteiger partial charge in [-0.2, -0.15) is 4.99 Å². The van der Waals surface area contributed by atoms with Crippen LogP contribution in [0.5, 0.6) is 0 Å². The van der Waals surface area contributed by atoms with Crippen LogP contribution in [0, 0.1) is 11.6 Å². The van der Waals surface area contributed by atoms with Crippen molar-refractivity contribution < 1.29 is 18.3 Å². The van der Waals surface area contributed by atoms with Gasteiger partial charge in [0.15, 0.2) is 0 Å². The Bertz CT molecular complexity index is 506. The smallest absolute Gasteiger partial charge is 0.235 e. The molecule has 1 fully saturated rings. The summed E-state index contributed by atoms with van der Waals surface area (Å²) in [5, 5.41) is 0. The Morgan fingerprint density at radius 1 is 1.39 bits per heavy atom. The second-order valence-corrected chi connectivity index (χ2v) is 4.44. The molecule has 0 atom stereocenters. The summed E-state index contributed by atoms with van der Waals surface area (Å²) >= 11 is 0. The van der Waals surface area contributed by atoms with Crippen molar-refractivity contribution in [3.8, 4) is 0 Å². The van der Waals surface area contributed by atoms with Gasteiger partial charge in [0.2, 0.25) is 6.08 Å². The fourth-order valence-electron chi connectivity index (χ4n) is 2.25. The van der Waals surface area contributed by atoms with E-state index in [2.05, 4.69) is 4.99 Å². The Morgan fingerprint density at radius 2 is 2.11 bits per heavy atom. The molecule has 5 heteroatoms. The van der Waals surface area contributed by atoms with E-state index in [9.17, 15) is 13.6 Å². The molecule has 0 unspecified atom stereocenters. The van der Waals surface area contributed by atoms with Gasteiger partial charge in [-0.25, -0.2) is 13.6 Å². The van der Waals surface area contributed by atoms with Crippen molar-refractivity contribution in [3.05, 3.63) is 34.9 Å². The minimum atomic E-state index is -0.918. The van der Waals surface area contributed by atoms with Crippen molar-refractivity contribution in [2.24, 2.45) is 4.99 Å². The normalized spacial score (nSPS) is 16.8. The molecule has 1 aliphatic rings. The lowest BCUT2D eigenvalue weighted by Crippen LogP contribution is -2.33. The molecule has 2 rings (SSSR count). The highest BCUT2D eigenvalue weighted by Crippen LogP contribution is 2.46. The number of hydrogen-bond acceptors (Lipinski definition) is 3. The van der Waals surface area contributed by atoms with E-state index < -0.39 is 17.2 Å². The maximum atomic E-state index is 14.0. The lowest BCUT2D eigenvalue weighted by atomic mass is 9.72. The first-order valence-electron chi connectivity index (χ1n) is 5.69. The highest BCUT2D eigenvalue weighted by atomic mass is 19.1. The molecule has 1 aliphatic carbocycles. The number of halogens is 2. The van der Waals surface area contributed by atoms with Crippen LogP contribution < -0.4 is 0 Å². The number of methoxy groups -OCH3 is 1. The predicted molar refractivity (Wildman–Crippen MR) is 60.7 cm³/mol. The zero-order valence-electron chi connectivity index (χ0n) is 10.0. The Labute approximate surface area is 103 Å². The number of carbonyl (C=O) groups excluding carboxylic acids is 1. The van der Waals surface area contributed by atoms with E-state index in [4.69, 9.17) is 4.74 Å². The summed E-state index contributed by atoms with van der Waals surface area (Å²) in [5.41, 5.74) is -0.629. The third-order valence-electron chi connectivity index (χ3n) is 3.38. The Morgan fingerprint density at radius 3 is 2.61 bits per heavy atom. The van der Waals surface area contributed by atoms with Crippen LogP contribution in [0.15, 0.2) is 17.1 Å². The largest absolute Gasteiger partial charge is 0.380 e. The topological polar surface area (TPSA) is 38.7 Å². The third-order valence-corrected chi connectivity index (χ3v) is 3.38. The number of hydrogen-bond donors (Lipinski definition) is 0. The van der Waals surface area contributed by atoms with Gasteiger partial charge >= 0.3 is 0 Å². The zero-order chi connectivity index (χ0) is 13.2. The maximum Gasteiger partial charge on any atom is 0.235 e. The van der Waals surface area contributed by atoms with E-state index in [1.54, 1.807) is 0 Å². The lowest BCUT2D eigenvalue weighted by molar-refractivity contribution is 0.180. The van der Waals surface area contributed by atoms with Gasteiger partial charge in [0.1, 0.15) is 17.2 Å². The van der Waals surface area contributed by atoms with Gasteiger partial charge in [0, 0.05) is 18.2 Å². The van der Waals surface area contributed by atoms with E-state index >= 15 is 0 Å². The van der Waals surface area contributed by atoms with E-state index in [1.807, 2.05) is 0 Å². The van der Waals surface area contributed by atoms with Gasteiger partial charge in [0.25, 0.3) is 0 Å². The summed E-state index contributed by atoms with van der Waals surface area (Å²) in [5.74, 6) is -1.09. The van der Waals surface area contributed by atoms with E-state index in [0.717, 1.165) is 18.6 Å². The second-order valence-electron chi connectivity index (χ2n) is 4.44. The van der Waals surface area contributed by atoms with Crippen molar-refractivity contribution in [1.82, 2.24) is 0 Å². The summed E-state index contributed by atoms with van der Waals surface area (Å²) in [6, 6.07) is 2.22. The van der Waals surface area contributed by atoms with Crippen LogP contribution in [0.25, 0.3) is 0 Å². The number of nitrogens with zero attached hydrogens (tertiary/aromatic N) is 1. The number of isocyanates is 1. The first-order chi connectivity index (χ1) is 8.63. The van der Waals surface area contributed by atoms with Crippen LogP contribution in [0.2, 0.25) is 0 Å². The SMILES string of the molecule is COCc1cc(F)c(C2(N=C=O)CCC2)cc1F. The quantitative estimate of drug-likeness (QED) is 0.611. The minimum Gasteiger partial charge on any atom is -0.380 e. The van der Waals surface area contributed by atoms with Crippen LogP contribution in [-0.2, 0) is 21.7 Å². The molecule has 0 radical (unpaired) electrons. The monoisotopic (exact) mass is 253 g/mol. The molecule has 0 N–H and O–H groups in total. The molecule has 1 saturated carbocycles. The molecule has 0 aromatic heterocycles. The van der Waals surface area contributed by atoms with Crippen LogP contribution in [0.1, 0.15) is 30.4 Å². The molecule has 18 heavy (non-hydrogen) atoms. The van der Waals surface area contributed by atoms with Gasteiger partial charge < -0.3 is 4.74 Å². The number of rotatable bonds is 4. The summed E-state index contributed by atoms with van der Waals surface area (Å²) in [6.07, 6.45) is 3.38. The van der Waals surface area contributed by atoms with Crippen LogP contribution in [0.4, 0.5) is 8.78 Å². The summed E-state index contributed by atoms with van der Waals surface area (Å²) in [7, 11) is 1.41. The standard InChI is InChI=1S/C13H13F2NO2/c1-18-7-9-5-12(15)10(6-11(9)14)13(16-8-17)3-2-4-13/h5-6H,2-4,7H2,1H3. The fourth-order valence-corrected chi connectivity index (χ4v) is 2.25. The van der Waals surface area contributed by atoms with Crippen molar-refractivity contribution in [2.45, 2.75) is 31.4 Å². The number of aliphatic imine (C=N–C) groups is 1. The minimum absolute atomic E-state index is 0.00693. The molecule has 1 aromatic carbocycles. The number of benzene rings is 1. The average molecular weight is 253 g/mol. The molecular formula is C13H13F2NO2. The summed E-state index contributed by atoms with van der Waals surface area (Å²) < 4.78 is 32.5. The van der Waals surface area contributed by atoms with E-state index in [1.165, 1.54) is 13.2 Å². The van der Waals surface area contributed by atoms with E-state index in [-0.39, 0.29) is 17.7 Å². The molecule has 3 nitrogen and oxygen atoms in total. The van der Waals surface area contributed by atoms with Crippen LogP contribution in [-0.4, -0.2) is 13.2 Å². The molecule has 1 aromatic rings.